The Labute approximate surface area is 335 Å². The Morgan fingerprint density at radius 2 is 0.926 bits per heavy atom. The van der Waals surface area contributed by atoms with Crippen LogP contribution in [0.4, 0.5) is 0 Å². The van der Waals surface area contributed by atoms with Crippen molar-refractivity contribution in [3.8, 4) is 0 Å². The zero-order valence-electron chi connectivity index (χ0n) is 36.0. The summed E-state index contributed by atoms with van der Waals surface area (Å²) in [5.74, 6) is -0.0985. The lowest BCUT2D eigenvalue weighted by atomic mass is 10.0. The maximum Gasteiger partial charge on any atom is 0.305 e. The van der Waals surface area contributed by atoms with Gasteiger partial charge in [-0.2, -0.15) is 0 Å². The lowest BCUT2D eigenvalue weighted by Gasteiger charge is -2.22. The number of rotatable bonds is 43. The summed E-state index contributed by atoms with van der Waals surface area (Å²) in [6, 6.07) is -0.560. The highest BCUT2D eigenvalue weighted by atomic mass is 16.5. The van der Waals surface area contributed by atoms with Crippen LogP contribution in [-0.4, -0.2) is 47.4 Å². The van der Waals surface area contributed by atoms with Crippen LogP contribution >= 0.6 is 0 Å². The molecule has 0 aromatic rings. The molecule has 0 spiro atoms. The summed E-state index contributed by atoms with van der Waals surface area (Å²) in [5, 5.41) is 23.1. The van der Waals surface area contributed by atoms with E-state index < -0.39 is 12.1 Å². The molecular formula is C48H91NO5. The van der Waals surface area contributed by atoms with Gasteiger partial charge in [0.25, 0.3) is 0 Å². The highest BCUT2D eigenvalue weighted by Crippen LogP contribution is 2.15. The van der Waals surface area contributed by atoms with Crippen molar-refractivity contribution in [2.45, 2.75) is 257 Å². The van der Waals surface area contributed by atoms with Crippen LogP contribution < -0.4 is 5.32 Å². The fraction of sp³-hybridized carbons (Fsp3) is 0.875. The van der Waals surface area contributed by atoms with Crippen molar-refractivity contribution in [1.29, 1.82) is 0 Å². The molecular weight excluding hydrogens is 671 g/mol. The van der Waals surface area contributed by atoms with Crippen molar-refractivity contribution >= 4 is 11.9 Å². The van der Waals surface area contributed by atoms with Crippen LogP contribution in [0, 0.1) is 0 Å². The molecule has 0 radical (unpaired) electrons. The molecule has 0 aromatic heterocycles. The van der Waals surface area contributed by atoms with Gasteiger partial charge in [0.05, 0.1) is 25.4 Å². The van der Waals surface area contributed by atoms with Crippen molar-refractivity contribution in [3.63, 3.8) is 0 Å². The van der Waals surface area contributed by atoms with Gasteiger partial charge in [-0.3, -0.25) is 9.59 Å². The largest absolute Gasteiger partial charge is 0.466 e. The number of aliphatic hydroxyl groups is 2. The number of aliphatic hydroxyl groups excluding tert-OH is 2. The zero-order chi connectivity index (χ0) is 39.4. The summed E-state index contributed by atoms with van der Waals surface area (Å²) in [5.41, 5.74) is 0. The van der Waals surface area contributed by atoms with Gasteiger partial charge < -0.3 is 20.3 Å². The van der Waals surface area contributed by atoms with Crippen LogP contribution in [0.25, 0.3) is 0 Å². The van der Waals surface area contributed by atoms with Crippen molar-refractivity contribution in [3.05, 3.63) is 24.3 Å². The van der Waals surface area contributed by atoms with Crippen LogP contribution in [0.15, 0.2) is 24.3 Å². The van der Waals surface area contributed by atoms with E-state index in [-0.39, 0.29) is 18.5 Å². The summed E-state index contributed by atoms with van der Waals surface area (Å²) in [6.45, 7) is 4.84. The number of ether oxygens (including phenoxy) is 1. The summed E-state index contributed by atoms with van der Waals surface area (Å²) < 4.78 is 5.44. The Hall–Kier alpha value is -1.66. The minimum absolute atomic E-state index is 0.0334. The number of unbranched alkanes of at least 4 members (excludes halogenated alkanes) is 28. The van der Waals surface area contributed by atoms with E-state index in [0.29, 0.717) is 25.9 Å². The molecule has 6 nitrogen and oxygen atoms in total. The van der Waals surface area contributed by atoms with Gasteiger partial charge in [0, 0.05) is 12.8 Å². The number of esters is 1. The molecule has 318 valence electrons. The third-order valence-electron chi connectivity index (χ3n) is 10.8. The molecule has 0 saturated heterocycles. The second kappa shape index (κ2) is 44.1. The number of carbonyl (C=O) groups excluding carboxylic acids is 2. The first kappa shape index (κ1) is 52.3. The minimum Gasteiger partial charge on any atom is -0.466 e. The lowest BCUT2D eigenvalue weighted by Crippen LogP contribution is -2.45. The molecule has 0 aliphatic carbocycles. The minimum atomic E-state index is -0.680. The molecule has 0 aliphatic rings. The van der Waals surface area contributed by atoms with Gasteiger partial charge >= 0.3 is 5.97 Å². The molecule has 0 aliphatic heterocycles. The van der Waals surface area contributed by atoms with Crippen LogP contribution in [0.3, 0.4) is 0 Å². The third kappa shape index (κ3) is 40.0. The standard InChI is InChI=1S/C48H91NO5/c1-3-5-7-9-11-13-15-16-17-18-19-20-22-26-30-34-38-42-48(53)54-43-39-35-31-27-23-25-29-33-37-41-47(52)49-45(44-50)46(51)40-36-32-28-24-21-14-12-10-8-6-4-2/h11,13,16-17,45-46,50-51H,3-10,12,14-15,18-44H2,1-2H3,(H,49,52)/b13-11-,17-16-. The fourth-order valence-corrected chi connectivity index (χ4v) is 7.08. The molecule has 0 bridgehead atoms. The van der Waals surface area contributed by atoms with Crippen LogP contribution in [0.5, 0.6) is 0 Å². The Balaban J connectivity index is 3.49. The van der Waals surface area contributed by atoms with E-state index in [1.807, 2.05) is 0 Å². The van der Waals surface area contributed by atoms with Crippen LogP contribution in [-0.2, 0) is 14.3 Å². The Morgan fingerprint density at radius 3 is 1.44 bits per heavy atom. The SMILES string of the molecule is CCCCC/C=C\C/C=C\CCCCCCCCCC(=O)OCCCCCCCCCCCC(=O)NC(CO)C(O)CCCCCCCCCCCCC. The first-order valence-corrected chi connectivity index (χ1v) is 23.6. The molecule has 0 aromatic carbocycles. The monoisotopic (exact) mass is 762 g/mol. The average Bonchev–Trinajstić information content (AvgIpc) is 3.17. The van der Waals surface area contributed by atoms with E-state index in [1.54, 1.807) is 0 Å². The van der Waals surface area contributed by atoms with Crippen LogP contribution in [0.2, 0.25) is 0 Å². The van der Waals surface area contributed by atoms with Gasteiger partial charge in [-0.15, -0.1) is 0 Å². The van der Waals surface area contributed by atoms with Crippen LogP contribution in [0.1, 0.15) is 245 Å². The van der Waals surface area contributed by atoms with Gasteiger partial charge in [0.15, 0.2) is 0 Å². The molecule has 3 N–H and O–H groups in total. The highest BCUT2D eigenvalue weighted by molar-refractivity contribution is 5.76. The molecule has 2 atom stereocenters. The van der Waals surface area contributed by atoms with E-state index >= 15 is 0 Å². The maximum atomic E-state index is 12.4. The summed E-state index contributed by atoms with van der Waals surface area (Å²) in [7, 11) is 0. The molecule has 0 heterocycles. The van der Waals surface area contributed by atoms with Crippen molar-refractivity contribution < 1.29 is 24.5 Å². The molecule has 0 fully saturated rings. The highest BCUT2D eigenvalue weighted by Gasteiger charge is 2.20. The van der Waals surface area contributed by atoms with E-state index in [2.05, 4.69) is 43.5 Å². The topological polar surface area (TPSA) is 95.9 Å². The fourth-order valence-electron chi connectivity index (χ4n) is 7.08. The Bertz CT molecular complexity index is 843. The Kier molecular flexibility index (Phi) is 42.7. The Morgan fingerprint density at radius 1 is 0.519 bits per heavy atom. The average molecular weight is 762 g/mol. The first-order valence-electron chi connectivity index (χ1n) is 23.6. The maximum absolute atomic E-state index is 12.4. The third-order valence-corrected chi connectivity index (χ3v) is 10.8. The number of carbonyl (C=O) groups is 2. The predicted molar refractivity (Wildman–Crippen MR) is 232 cm³/mol. The summed E-state index contributed by atoms with van der Waals surface area (Å²) in [4.78, 5) is 24.4. The van der Waals surface area contributed by atoms with Gasteiger partial charge in [0.2, 0.25) is 5.91 Å². The quantitative estimate of drug-likeness (QED) is 0.0327. The molecule has 1 amide bonds. The molecule has 2 unspecified atom stereocenters. The number of nitrogens with one attached hydrogen (secondary N) is 1. The van der Waals surface area contributed by atoms with Gasteiger partial charge in [-0.05, 0) is 57.8 Å². The first-order chi connectivity index (χ1) is 26.5. The van der Waals surface area contributed by atoms with Crippen molar-refractivity contribution in [2.75, 3.05) is 13.2 Å². The molecule has 0 saturated carbocycles. The van der Waals surface area contributed by atoms with E-state index in [1.165, 1.54) is 148 Å². The number of hydrogen-bond acceptors (Lipinski definition) is 5. The summed E-state index contributed by atoms with van der Waals surface area (Å²) >= 11 is 0. The van der Waals surface area contributed by atoms with Crippen molar-refractivity contribution in [1.82, 2.24) is 5.32 Å². The molecule has 54 heavy (non-hydrogen) atoms. The normalized spacial score (nSPS) is 12.9. The zero-order valence-corrected chi connectivity index (χ0v) is 36.0. The molecule has 0 rings (SSSR count). The summed E-state index contributed by atoms with van der Waals surface area (Å²) in [6.07, 6.45) is 49.9. The van der Waals surface area contributed by atoms with E-state index in [4.69, 9.17) is 4.74 Å². The number of hydrogen-bond donors (Lipinski definition) is 3. The smallest absolute Gasteiger partial charge is 0.305 e. The second-order valence-electron chi connectivity index (χ2n) is 16.1. The number of allylic oxidation sites excluding steroid dienone is 4. The van der Waals surface area contributed by atoms with Gasteiger partial charge in [0.1, 0.15) is 0 Å². The lowest BCUT2D eigenvalue weighted by molar-refractivity contribution is -0.143. The van der Waals surface area contributed by atoms with E-state index in [0.717, 1.165) is 64.2 Å². The molecule has 6 heteroatoms. The van der Waals surface area contributed by atoms with Gasteiger partial charge in [-0.1, -0.05) is 199 Å². The van der Waals surface area contributed by atoms with Crippen molar-refractivity contribution in [2.24, 2.45) is 0 Å². The predicted octanol–water partition coefficient (Wildman–Crippen LogP) is 13.6. The van der Waals surface area contributed by atoms with E-state index in [9.17, 15) is 19.8 Å². The second-order valence-corrected chi connectivity index (χ2v) is 16.1. The van der Waals surface area contributed by atoms with Gasteiger partial charge in [-0.25, -0.2) is 0 Å². The number of amides is 1.